The van der Waals surface area contributed by atoms with Gasteiger partial charge >= 0.3 is 7.82 Å². The highest BCUT2D eigenvalue weighted by molar-refractivity contribution is 7.47. The van der Waals surface area contributed by atoms with Crippen molar-refractivity contribution in [1.29, 1.82) is 0 Å². The lowest BCUT2D eigenvalue weighted by molar-refractivity contribution is -0.870. The van der Waals surface area contributed by atoms with Crippen LogP contribution in [0.1, 0.15) is 348 Å². The van der Waals surface area contributed by atoms with Gasteiger partial charge in [0, 0.05) is 6.42 Å². The van der Waals surface area contributed by atoms with Gasteiger partial charge in [0.15, 0.2) is 0 Å². The molecule has 0 saturated carbocycles. The van der Waals surface area contributed by atoms with Crippen molar-refractivity contribution in [2.45, 2.75) is 360 Å². The fourth-order valence-electron chi connectivity index (χ4n) is 10.9. The number of phosphoric acid groups is 1. The van der Waals surface area contributed by atoms with Crippen LogP contribution in [0.25, 0.3) is 0 Å². The van der Waals surface area contributed by atoms with Crippen LogP contribution in [0, 0.1) is 0 Å². The Morgan fingerprint density at radius 3 is 1.07 bits per heavy atom. The molecule has 0 aromatic carbocycles. The Hall–Kier alpha value is -2.32. The molecule has 0 radical (unpaired) electrons. The van der Waals surface area contributed by atoms with Crippen LogP contribution in [0.4, 0.5) is 0 Å². The van der Waals surface area contributed by atoms with E-state index in [4.69, 9.17) is 9.05 Å². The predicted octanol–water partition coefficient (Wildman–Crippen LogP) is 23.9. The second-order valence-electron chi connectivity index (χ2n) is 26.3. The molecule has 3 atom stereocenters. The third kappa shape index (κ3) is 69.2. The van der Waals surface area contributed by atoms with Crippen LogP contribution in [0.5, 0.6) is 0 Å². The molecule has 502 valence electrons. The summed E-state index contributed by atoms with van der Waals surface area (Å²) in [6.45, 7) is 4.72. The summed E-state index contributed by atoms with van der Waals surface area (Å²) in [5.41, 5.74) is 0. The third-order valence-corrected chi connectivity index (χ3v) is 17.6. The van der Waals surface area contributed by atoms with E-state index in [1.165, 1.54) is 257 Å². The van der Waals surface area contributed by atoms with Crippen molar-refractivity contribution in [1.82, 2.24) is 5.32 Å². The fraction of sp³-hybridized carbons (Fsp3) is 0.805. The summed E-state index contributed by atoms with van der Waals surface area (Å²) in [6.07, 6.45) is 96.1. The lowest BCUT2D eigenvalue weighted by atomic mass is 10.0. The van der Waals surface area contributed by atoms with Crippen LogP contribution in [0.3, 0.4) is 0 Å². The average molecular weight is 1220 g/mol. The molecule has 0 bridgehead atoms. The molecule has 1 amide bonds. The van der Waals surface area contributed by atoms with Gasteiger partial charge < -0.3 is 19.8 Å². The molecule has 3 unspecified atom stereocenters. The standard InChI is InChI=1S/C77H143N2O6P/c1-6-8-10-12-14-16-18-20-22-24-26-28-30-32-34-36-38-39-41-43-45-47-49-51-53-55-57-59-61-63-65-67-69-71-77(81)78-75(74-85-86(82,83)84-73-72-79(3,4)5)76(80)70-68-66-64-62-60-58-56-54-52-50-48-46-44-42-40-37-35-33-31-29-27-25-23-21-19-17-15-13-11-9-7-2/h8,10,14,16,20,22,26,28,32,34,60,62,68,70,75-76,80H,6-7,9,11-13,15,17-19,21,23-25,27,29-31,33,35-59,61,63-67,69,71-74H2,1-5H3,(H-,78,81,82,83)/p+1/b10-8-,16-14-,22-20-,28-26-,34-32-,62-60+,70-68+. The van der Waals surface area contributed by atoms with Crippen LogP contribution < -0.4 is 5.32 Å². The highest BCUT2D eigenvalue weighted by atomic mass is 31.2. The van der Waals surface area contributed by atoms with Crippen molar-refractivity contribution in [3.8, 4) is 0 Å². The van der Waals surface area contributed by atoms with E-state index in [0.29, 0.717) is 17.4 Å². The number of likely N-dealkylation sites (N-methyl/N-ethyl adjacent to an activating group) is 1. The number of hydrogen-bond acceptors (Lipinski definition) is 5. The van der Waals surface area contributed by atoms with Gasteiger partial charge in [-0.05, 0) is 77.0 Å². The van der Waals surface area contributed by atoms with Crippen molar-refractivity contribution >= 4 is 13.7 Å². The molecule has 0 aromatic heterocycles. The van der Waals surface area contributed by atoms with Crippen molar-refractivity contribution in [2.24, 2.45) is 0 Å². The van der Waals surface area contributed by atoms with Gasteiger partial charge in [0.2, 0.25) is 5.91 Å². The van der Waals surface area contributed by atoms with E-state index >= 15 is 0 Å². The van der Waals surface area contributed by atoms with Crippen molar-refractivity contribution in [2.75, 3.05) is 40.9 Å². The predicted molar refractivity (Wildman–Crippen MR) is 378 cm³/mol. The smallest absolute Gasteiger partial charge is 0.387 e. The number of phosphoric ester groups is 1. The van der Waals surface area contributed by atoms with E-state index in [-0.39, 0.29) is 19.1 Å². The summed E-state index contributed by atoms with van der Waals surface area (Å²) in [7, 11) is 1.56. The summed E-state index contributed by atoms with van der Waals surface area (Å²) in [6, 6.07) is -0.869. The number of amides is 1. The largest absolute Gasteiger partial charge is 0.472 e. The normalized spacial score (nSPS) is 14.1. The molecule has 8 nitrogen and oxygen atoms in total. The van der Waals surface area contributed by atoms with E-state index < -0.39 is 20.0 Å². The maximum Gasteiger partial charge on any atom is 0.472 e. The molecular formula is C77H144N2O6P+. The molecule has 0 spiro atoms. The van der Waals surface area contributed by atoms with E-state index in [0.717, 1.165) is 70.6 Å². The highest BCUT2D eigenvalue weighted by Gasteiger charge is 2.28. The zero-order valence-corrected chi connectivity index (χ0v) is 58.4. The summed E-state index contributed by atoms with van der Waals surface area (Å²) in [5, 5.41) is 14.0. The first-order chi connectivity index (χ1) is 42.0. The number of allylic oxidation sites excluding steroid dienone is 13. The average Bonchev–Trinajstić information content (AvgIpc) is 3.70. The maximum absolute atomic E-state index is 13.1. The lowest BCUT2D eigenvalue weighted by Crippen LogP contribution is -2.45. The van der Waals surface area contributed by atoms with Gasteiger partial charge in [-0.1, -0.05) is 349 Å². The third-order valence-electron chi connectivity index (χ3n) is 16.6. The Bertz CT molecular complexity index is 1680. The molecule has 9 heteroatoms. The number of quaternary nitrogens is 1. The molecular weight excluding hydrogens is 1080 g/mol. The lowest BCUT2D eigenvalue weighted by Gasteiger charge is -2.25. The molecule has 0 rings (SSSR count). The van der Waals surface area contributed by atoms with Crippen molar-refractivity contribution in [3.05, 3.63) is 85.1 Å². The Morgan fingerprint density at radius 1 is 0.407 bits per heavy atom. The second-order valence-corrected chi connectivity index (χ2v) is 27.7. The fourth-order valence-corrected chi connectivity index (χ4v) is 11.6. The van der Waals surface area contributed by atoms with Gasteiger partial charge in [-0.15, -0.1) is 0 Å². The van der Waals surface area contributed by atoms with Crippen LogP contribution in [-0.4, -0.2) is 73.4 Å². The molecule has 86 heavy (non-hydrogen) atoms. The van der Waals surface area contributed by atoms with Crippen LogP contribution in [0.15, 0.2) is 85.1 Å². The van der Waals surface area contributed by atoms with Gasteiger partial charge in [-0.3, -0.25) is 13.8 Å². The van der Waals surface area contributed by atoms with Crippen molar-refractivity contribution < 1.29 is 32.9 Å². The van der Waals surface area contributed by atoms with Crippen molar-refractivity contribution in [3.63, 3.8) is 0 Å². The van der Waals surface area contributed by atoms with Crippen LogP contribution in [-0.2, 0) is 18.4 Å². The number of aliphatic hydroxyl groups is 1. The molecule has 0 aromatic rings. The highest BCUT2D eigenvalue weighted by Crippen LogP contribution is 2.43. The number of aliphatic hydroxyl groups excluding tert-OH is 1. The molecule has 0 heterocycles. The molecule has 0 saturated heterocycles. The number of nitrogens with zero attached hydrogens (tertiary/aromatic N) is 1. The molecule has 0 aliphatic heterocycles. The molecule has 0 fully saturated rings. The van der Waals surface area contributed by atoms with Crippen LogP contribution in [0.2, 0.25) is 0 Å². The number of carbonyl (C=O) groups excluding carboxylic acids is 1. The quantitative estimate of drug-likeness (QED) is 0.0243. The summed E-state index contributed by atoms with van der Waals surface area (Å²) in [4.78, 5) is 23.4. The first-order valence-electron chi connectivity index (χ1n) is 37.0. The number of nitrogens with one attached hydrogen (secondary N) is 1. The summed E-state index contributed by atoms with van der Waals surface area (Å²) < 4.78 is 23.8. The Balaban J connectivity index is 4.06. The van der Waals surface area contributed by atoms with E-state index in [1.54, 1.807) is 6.08 Å². The van der Waals surface area contributed by atoms with Gasteiger partial charge in [-0.2, -0.15) is 0 Å². The summed E-state index contributed by atoms with van der Waals surface area (Å²) in [5.74, 6) is -0.184. The Kier molecular flexibility index (Phi) is 65.3. The van der Waals surface area contributed by atoms with Gasteiger partial charge in [0.1, 0.15) is 13.2 Å². The summed E-state index contributed by atoms with van der Waals surface area (Å²) >= 11 is 0. The number of rotatable bonds is 68. The van der Waals surface area contributed by atoms with Gasteiger partial charge in [-0.25, -0.2) is 4.57 Å². The SMILES string of the molecule is CC/C=C\C/C=C\C/C=C\C/C=C\C/C=C\CCCCCCCCCCCCCCCCCCCC(=O)NC(COP(=O)(O)OCC[N+](C)(C)C)C(O)/C=C/CC/C=C/CCCCCCCCCCCCCCCCCCCCCCCCCCC. The molecule has 3 N–H and O–H groups in total. The molecule has 0 aliphatic rings. The molecule has 0 aliphatic carbocycles. The Labute approximate surface area is 535 Å². The zero-order valence-electron chi connectivity index (χ0n) is 57.6. The monoisotopic (exact) mass is 1220 g/mol. The van der Waals surface area contributed by atoms with Gasteiger partial charge in [0.05, 0.1) is 39.9 Å². The van der Waals surface area contributed by atoms with E-state index in [1.807, 2.05) is 27.2 Å². The minimum Gasteiger partial charge on any atom is -0.387 e. The first-order valence-corrected chi connectivity index (χ1v) is 38.5. The minimum absolute atomic E-state index is 0.0548. The Morgan fingerprint density at radius 2 is 0.709 bits per heavy atom. The van der Waals surface area contributed by atoms with E-state index in [2.05, 4.69) is 92.1 Å². The minimum atomic E-state index is -4.37. The second kappa shape index (κ2) is 67.1. The van der Waals surface area contributed by atoms with Gasteiger partial charge in [0.25, 0.3) is 0 Å². The first kappa shape index (κ1) is 83.7. The van der Waals surface area contributed by atoms with Crippen LogP contribution >= 0.6 is 7.82 Å². The number of hydrogen-bond donors (Lipinski definition) is 3. The maximum atomic E-state index is 13.1. The number of carbonyl (C=O) groups is 1. The number of unbranched alkanes of at least 4 members (excludes halogenated alkanes) is 43. The van der Waals surface area contributed by atoms with E-state index in [9.17, 15) is 19.4 Å². The zero-order chi connectivity index (χ0) is 62.6. The topological polar surface area (TPSA) is 105 Å².